The molecule has 0 aromatic heterocycles. The molecule has 0 unspecified atom stereocenters. The van der Waals surface area contributed by atoms with Crippen LogP contribution in [0.25, 0.3) is 0 Å². The molecule has 0 heterocycles. The van der Waals surface area contributed by atoms with E-state index < -0.39 is 0 Å². The van der Waals surface area contributed by atoms with Gasteiger partial charge in [0, 0.05) is 6.61 Å². The summed E-state index contributed by atoms with van der Waals surface area (Å²) in [6.07, 6.45) is 15.0. The van der Waals surface area contributed by atoms with E-state index in [1.54, 1.807) is 5.57 Å². The average Bonchev–Trinajstić information content (AvgIpc) is 2.84. The lowest BCUT2D eigenvalue weighted by molar-refractivity contribution is -0.00473. The van der Waals surface area contributed by atoms with Gasteiger partial charge in [0.2, 0.25) is 0 Å². The molecule has 0 aliphatic heterocycles. The number of hydrogen-bond acceptors (Lipinski definition) is 1. The summed E-state index contributed by atoms with van der Waals surface area (Å²) in [6, 6.07) is 0. The van der Waals surface area contributed by atoms with Gasteiger partial charge in [0.25, 0.3) is 0 Å². The summed E-state index contributed by atoms with van der Waals surface area (Å²) in [5, 5.41) is 0. The topological polar surface area (TPSA) is 9.23 Å². The Morgan fingerprint density at radius 1 is 1.00 bits per heavy atom. The molecule has 0 N–H and O–H groups in total. The maximum atomic E-state index is 5.77. The van der Waals surface area contributed by atoms with Crippen LogP contribution in [0.2, 0.25) is 0 Å². The molecule has 1 aliphatic carbocycles. The van der Waals surface area contributed by atoms with Gasteiger partial charge in [-0.1, -0.05) is 43.9 Å². The second kappa shape index (κ2) is 10.1. The zero-order chi connectivity index (χ0) is 17.3. The zero-order valence-corrected chi connectivity index (χ0v) is 16.4. The minimum atomic E-state index is 0.00909. The van der Waals surface area contributed by atoms with E-state index in [9.17, 15) is 0 Å². The third-order valence-electron chi connectivity index (χ3n) is 4.42. The van der Waals surface area contributed by atoms with Gasteiger partial charge in [-0.15, -0.1) is 0 Å². The van der Waals surface area contributed by atoms with Crippen LogP contribution in [0.1, 0.15) is 92.9 Å². The van der Waals surface area contributed by atoms with E-state index in [0.29, 0.717) is 0 Å². The number of rotatable bonds is 10. The minimum absolute atomic E-state index is 0.00909. The first kappa shape index (κ1) is 20.2. The van der Waals surface area contributed by atoms with Crippen molar-refractivity contribution in [3.63, 3.8) is 0 Å². The Labute approximate surface area is 144 Å². The molecule has 1 nitrogen and oxygen atoms in total. The molecule has 0 aromatic rings. The molecule has 0 spiro atoms. The number of allylic oxidation sites excluding steroid dienone is 6. The molecule has 0 fully saturated rings. The van der Waals surface area contributed by atoms with Crippen molar-refractivity contribution in [3.05, 3.63) is 34.4 Å². The third-order valence-corrected chi connectivity index (χ3v) is 4.42. The molecule has 0 saturated carbocycles. The first-order valence-corrected chi connectivity index (χ1v) is 9.56. The molecule has 1 rings (SSSR count). The molecule has 0 saturated heterocycles. The number of unbranched alkanes of at least 4 members (excludes halogenated alkanes) is 4. The van der Waals surface area contributed by atoms with Crippen LogP contribution in [0.5, 0.6) is 0 Å². The van der Waals surface area contributed by atoms with Crippen molar-refractivity contribution < 1.29 is 4.74 Å². The molecule has 1 heteroatoms. The predicted molar refractivity (Wildman–Crippen MR) is 103 cm³/mol. The molecule has 0 radical (unpaired) electrons. The van der Waals surface area contributed by atoms with Gasteiger partial charge in [-0.25, -0.2) is 0 Å². The van der Waals surface area contributed by atoms with E-state index in [4.69, 9.17) is 4.74 Å². The van der Waals surface area contributed by atoms with Gasteiger partial charge in [-0.3, -0.25) is 0 Å². The summed E-state index contributed by atoms with van der Waals surface area (Å²) in [6.45, 7) is 14.1. The lowest BCUT2D eigenvalue weighted by Gasteiger charge is -2.19. The second-order valence-corrected chi connectivity index (χ2v) is 7.97. The Morgan fingerprint density at radius 2 is 1.70 bits per heavy atom. The maximum absolute atomic E-state index is 5.77. The smallest absolute Gasteiger partial charge is 0.0598 e. The van der Waals surface area contributed by atoms with Crippen molar-refractivity contribution in [3.8, 4) is 0 Å². The van der Waals surface area contributed by atoms with E-state index in [2.05, 4.69) is 53.7 Å². The van der Waals surface area contributed by atoms with Gasteiger partial charge in [-0.05, 0) is 83.4 Å². The molecular formula is C22H38O. The Balaban J connectivity index is 2.27. The van der Waals surface area contributed by atoms with E-state index in [0.717, 1.165) is 6.61 Å². The molecule has 132 valence electrons. The van der Waals surface area contributed by atoms with Gasteiger partial charge >= 0.3 is 0 Å². The molecule has 23 heavy (non-hydrogen) atoms. The number of hydrogen-bond donors (Lipinski definition) is 0. The molecule has 0 atom stereocenters. The van der Waals surface area contributed by atoms with Crippen LogP contribution in [0, 0.1) is 0 Å². The minimum Gasteiger partial charge on any atom is -0.376 e. The van der Waals surface area contributed by atoms with Gasteiger partial charge in [-0.2, -0.15) is 0 Å². The highest BCUT2D eigenvalue weighted by Gasteiger charge is 2.11. The quantitative estimate of drug-likeness (QED) is 0.389. The van der Waals surface area contributed by atoms with Gasteiger partial charge in [0.05, 0.1) is 5.60 Å². The van der Waals surface area contributed by atoms with Crippen molar-refractivity contribution in [2.75, 3.05) is 6.61 Å². The summed E-state index contributed by atoms with van der Waals surface area (Å²) in [4.78, 5) is 0. The van der Waals surface area contributed by atoms with Gasteiger partial charge < -0.3 is 4.74 Å². The molecular weight excluding hydrogens is 280 g/mol. The van der Waals surface area contributed by atoms with Gasteiger partial charge in [0.1, 0.15) is 0 Å². The standard InChI is InChI=1S/C22H38O/c1-7-8-14-20-16-19(3)21(17-20)18(2)13-11-9-10-12-15-23-22(4,5)6/h16-17H,7-15H2,1-6H3. The highest BCUT2D eigenvalue weighted by molar-refractivity contribution is 5.53. The first-order chi connectivity index (χ1) is 10.8. The Bertz CT molecular complexity index is 443. The first-order valence-electron chi connectivity index (χ1n) is 9.56. The normalized spacial score (nSPS) is 17.3. The average molecular weight is 319 g/mol. The molecule has 0 aromatic carbocycles. The Hall–Kier alpha value is -0.820. The number of ether oxygens (including phenoxy) is 1. The van der Waals surface area contributed by atoms with E-state index in [-0.39, 0.29) is 5.60 Å². The summed E-state index contributed by atoms with van der Waals surface area (Å²) in [5.74, 6) is 0. The lowest BCUT2D eigenvalue weighted by Crippen LogP contribution is -2.19. The monoisotopic (exact) mass is 318 g/mol. The van der Waals surface area contributed by atoms with Crippen molar-refractivity contribution in [2.45, 2.75) is 98.5 Å². The van der Waals surface area contributed by atoms with Crippen LogP contribution in [0.3, 0.4) is 0 Å². The van der Waals surface area contributed by atoms with Crippen LogP contribution >= 0.6 is 0 Å². The van der Waals surface area contributed by atoms with Crippen LogP contribution < -0.4 is 0 Å². The molecule has 0 bridgehead atoms. The Morgan fingerprint density at radius 3 is 2.35 bits per heavy atom. The fourth-order valence-electron chi connectivity index (χ4n) is 3.04. The maximum Gasteiger partial charge on any atom is 0.0598 e. The zero-order valence-electron chi connectivity index (χ0n) is 16.4. The summed E-state index contributed by atoms with van der Waals surface area (Å²) in [5.41, 5.74) is 6.07. The highest BCUT2D eigenvalue weighted by atomic mass is 16.5. The second-order valence-electron chi connectivity index (χ2n) is 7.97. The largest absolute Gasteiger partial charge is 0.376 e. The van der Waals surface area contributed by atoms with Crippen molar-refractivity contribution in [1.82, 2.24) is 0 Å². The Kier molecular flexibility index (Phi) is 8.91. The van der Waals surface area contributed by atoms with Crippen LogP contribution in [0.4, 0.5) is 0 Å². The SMILES string of the molecule is CCCCC1=CC(=C(C)CCCCCCOC(C)(C)C)C(C)=C1. The van der Waals surface area contributed by atoms with Crippen molar-refractivity contribution >= 4 is 0 Å². The van der Waals surface area contributed by atoms with Crippen LogP contribution in [0.15, 0.2) is 34.4 Å². The summed E-state index contributed by atoms with van der Waals surface area (Å²) in [7, 11) is 0. The fourth-order valence-corrected chi connectivity index (χ4v) is 3.04. The summed E-state index contributed by atoms with van der Waals surface area (Å²) < 4.78 is 5.77. The molecule has 1 aliphatic rings. The van der Waals surface area contributed by atoms with Crippen molar-refractivity contribution in [2.24, 2.45) is 0 Å². The van der Waals surface area contributed by atoms with E-state index in [1.807, 2.05) is 0 Å². The van der Waals surface area contributed by atoms with E-state index >= 15 is 0 Å². The van der Waals surface area contributed by atoms with E-state index in [1.165, 1.54) is 68.1 Å². The van der Waals surface area contributed by atoms with Crippen LogP contribution in [-0.2, 0) is 4.74 Å². The predicted octanol–water partition coefficient (Wildman–Crippen LogP) is 7.15. The third kappa shape index (κ3) is 8.55. The molecule has 0 amide bonds. The van der Waals surface area contributed by atoms with Crippen LogP contribution in [-0.4, -0.2) is 12.2 Å². The lowest BCUT2D eigenvalue weighted by atomic mass is 9.99. The fraction of sp³-hybridized carbons (Fsp3) is 0.727. The van der Waals surface area contributed by atoms with Gasteiger partial charge in [0.15, 0.2) is 0 Å². The summed E-state index contributed by atoms with van der Waals surface area (Å²) >= 11 is 0. The highest BCUT2D eigenvalue weighted by Crippen LogP contribution is 2.30. The van der Waals surface area contributed by atoms with Crippen molar-refractivity contribution in [1.29, 1.82) is 0 Å².